The lowest BCUT2D eigenvalue weighted by Crippen LogP contribution is -2.16. The van der Waals surface area contributed by atoms with E-state index in [0.717, 1.165) is 0 Å². The Morgan fingerprint density at radius 3 is 0.596 bits per heavy atom. The van der Waals surface area contributed by atoms with E-state index >= 15 is 0 Å². The maximum absolute atomic E-state index is 13.3. The van der Waals surface area contributed by atoms with E-state index in [2.05, 4.69) is 0 Å². The van der Waals surface area contributed by atoms with Crippen LogP contribution in [0.2, 0.25) is 0 Å². The average Bonchev–Trinajstić information content (AvgIpc) is 3.11. The van der Waals surface area contributed by atoms with Gasteiger partial charge < -0.3 is 36.2 Å². The molecule has 0 saturated carbocycles. The van der Waals surface area contributed by atoms with Crippen molar-refractivity contribution >= 4 is 73.1 Å². The standard InChI is InChI=1S/2C18H26O6P2/c2*1-5-21-25(19,22-6-2)17-13-9-12-16-15(17)11-10-14-18(16)26(20,23-7-3)24-8-4/h2*9-14H,5-8H2,1-4H3. The lowest BCUT2D eigenvalue weighted by Gasteiger charge is -2.22. The highest BCUT2D eigenvalue weighted by molar-refractivity contribution is 7.64. The first-order valence-electron chi connectivity index (χ1n) is 17.5. The number of hydrogen-bond donors (Lipinski definition) is 0. The lowest BCUT2D eigenvalue weighted by atomic mass is 10.1. The van der Waals surface area contributed by atoms with Gasteiger partial charge >= 0.3 is 30.4 Å². The fourth-order valence-corrected chi connectivity index (χ4v) is 12.7. The van der Waals surface area contributed by atoms with Gasteiger partial charge in [-0.25, -0.2) is 0 Å². The van der Waals surface area contributed by atoms with E-state index < -0.39 is 30.4 Å². The summed E-state index contributed by atoms with van der Waals surface area (Å²) < 4.78 is 97.0. The van der Waals surface area contributed by atoms with Gasteiger partial charge in [0.2, 0.25) is 0 Å². The Balaban J connectivity index is 0.000000280. The zero-order chi connectivity index (χ0) is 38.4. The summed E-state index contributed by atoms with van der Waals surface area (Å²) in [5, 5.41) is 4.37. The van der Waals surface area contributed by atoms with Crippen LogP contribution >= 0.6 is 30.4 Å². The first kappa shape index (κ1) is 44.4. The molecule has 288 valence electrons. The summed E-state index contributed by atoms with van der Waals surface area (Å²) in [6.07, 6.45) is 0. The molecule has 0 aliphatic heterocycles. The highest BCUT2D eigenvalue weighted by Crippen LogP contribution is 2.53. The highest BCUT2D eigenvalue weighted by Gasteiger charge is 2.34. The van der Waals surface area contributed by atoms with Crippen LogP contribution < -0.4 is 21.2 Å². The molecule has 0 atom stereocenters. The van der Waals surface area contributed by atoms with Gasteiger partial charge in [0, 0.05) is 0 Å². The van der Waals surface area contributed by atoms with Gasteiger partial charge in [-0.05, 0) is 101 Å². The molecule has 16 heteroatoms. The van der Waals surface area contributed by atoms with Crippen LogP contribution in [0.25, 0.3) is 21.5 Å². The van der Waals surface area contributed by atoms with Crippen molar-refractivity contribution in [1.29, 1.82) is 0 Å². The Labute approximate surface area is 307 Å². The summed E-state index contributed by atoms with van der Waals surface area (Å²) in [5.74, 6) is 0. The van der Waals surface area contributed by atoms with E-state index in [1.165, 1.54) is 0 Å². The van der Waals surface area contributed by atoms with Gasteiger partial charge in [0.05, 0.1) is 74.1 Å². The van der Waals surface area contributed by atoms with Crippen LogP contribution in [-0.2, 0) is 54.5 Å². The molecule has 0 bridgehead atoms. The molecule has 0 heterocycles. The molecule has 4 rings (SSSR count). The molecule has 0 aromatic heterocycles. The van der Waals surface area contributed by atoms with E-state index in [0.29, 0.717) is 42.8 Å². The maximum atomic E-state index is 13.3. The third-order valence-electron chi connectivity index (χ3n) is 7.32. The average molecular weight is 801 g/mol. The molecule has 4 aromatic carbocycles. The van der Waals surface area contributed by atoms with Gasteiger partial charge in [-0.1, -0.05) is 48.5 Å². The van der Waals surface area contributed by atoms with Crippen LogP contribution in [0.4, 0.5) is 0 Å². The summed E-state index contributed by atoms with van der Waals surface area (Å²) in [7, 11) is -14.0. The molecule has 0 fully saturated rings. The van der Waals surface area contributed by atoms with Crippen molar-refractivity contribution in [2.75, 3.05) is 52.9 Å². The normalized spacial score (nSPS) is 12.6. The molecule has 12 nitrogen and oxygen atoms in total. The second kappa shape index (κ2) is 20.6. The second-order valence-corrected chi connectivity index (χ2v) is 18.6. The van der Waals surface area contributed by atoms with E-state index in [4.69, 9.17) is 36.2 Å². The molecule has 4 aromatic rings. The predicted octanol–water partition coefficient (Wildman–Crippen LogP) is 9.25. The predicted molar refractivity (Wildman–Crippen MR) is 210 cm³/mol. The lowest BCUT2D eigenvalue weighted by molar-refractivity contribution is 0.229. The minimum absolute atomic E-state index is 0.254. The third kappa shape index (κ3) is 10.2. The van der Waals surface area contributed by atoms with Gasteiger partial charge in [-0.3, -0.25) is 18.3 Å². The number of rotatable bonds is 20. The Kier molecular flexibility index (Phi) is 17.6. The third-order valence-corrected chi connectivity index (χ3v) is 16.0. The molecule has 0 amide bonds. The molecular weight excluding hydrogens is 748 g/mol. The van der Waals surface area contributed by atoms with Gasteiger partial charge in [0.25, 0.3) is 0 Å². The Morgan fingerprint density at radius 2 is 0.462 bits per heavy atom. The monoisotopic (exact) mass is 800 g/mol. The summed E-state index contributed by atoms with van der Waals surface area (Å²) in [4.78, 5) is 0. The zero-order valence-electron chi connectivity index (χ0n) is 31.3. The van der Waals surface area contributed by atoms with Crippen molar-refractivity contribution in [3.63, 3.8) is 0 Å². The van der Waals surface area contributed by atoms with Crippen LogP contribution in [-0.4, -0.2) is 52.9 Å². The molecule has 0 radical (unpaired) electrons. The highest BCUT2D eigenvalue weighted by atomic mass is 31.2. The fourth-order valence-electron chi connectivity index (χ4n) is 5.57. The summed E-state index contributed by atoms with van der Waals surface area (Å²) in [6, 6.07) is 21.1. The van der Waals surface area contributed by atoms with Crippen molar-refractivity contribution < 1.29 is 54.5 Å². The SMILES string of the molecule is CCOP(=O)(OCC)c1cccc2c(P(=O)(OCC)OCC)cccc12.CCOP(=O)(OCC)c1cccc2c(P(=O)(OCC)OCC)cccc12. The number of hydrogen-bond acceptors (Lipinski definition) is 12. The first-order valence-corrected chi connectivity index (χ1v) is 23.7. The topological polar surface area (TPSA) is 142 Å². The molecule has 52 heavy (non-hydrogen) atoms. The minimum atomic E-state index is -3.49. The van der Waals surface area contributed by atoms with Crippen molar-refractivity contribution in [1.82, 2.24) is 0 Å². The summed E-state index contributed by atoms with van der Waals surface area (Å²) in [6.45, 7) is 16.1. The van der Waals surface area contributed by atoms with Crippen LogP contribution in [0.1, 0.15) is 55.4 Å². The van der Waals surface area contributed by atoms with Gasteiger partial charge in [0.15, 0.2) is 0 Å². The van der Waals surface area contributed by atoms with Crippen LogP contribution in [0.5, 0.6) is 0 Å². The van der Waals surface area contributed by atoms with Crippen molar-refractivity contribution in [3.05, 3.63) is 72.8 Å². The van der Waals surface area contributed by atoms with Crippen molar-refractivity contribution in [2.24, 2.45) is 0 Å². The van der Waals surface area contributed by atoms with Crippen LogP contribution in [0.3, 0.4) is 0 Å². The van der Waals surface area contributed by atoms with Crippen molar-refractivity contribution in [3.8, 4) is 0 Å². The largest absolute Gasteiger partial charge is 0.361 e. The molecule has 0 unspecified atom stereocenters. The molecule has 0 aliphatic carbocycles. The Hall–Kier alpha value is -2.00. The second-order valence-electron chi connectivity index (χ2n) is 10.6. The number of benzene rings is 4. The van der Waals surface area contributed by atoms with E-state index in [1.807, 2.05) is 0 Å². The number of fused-ring (bicyclic) bond motifs is 2. The molecule has 0 aliphatic rings. The smallest absolute Gasteiger partial charge is 0.305 e. The Bertz CT molecular complexity index is 1630. The summed E-state index contributed by atoms with van der Waals surface area (Å²) >= 11 is 0. The molecular formula is C36H52O12P4. The van der Waals surface area contributed by atoms with E-state index in [9.17, 15) is 18.3 Å². The fraction of sp³-hybridized carbons (Fsp3) is 0.444. The van der Waals surface area contributed by atoms with Crippen LogP contribution in [0, 0.1) is 0 Å². The van der Waals surface area contributed by atoms with Crippen molar-refractivity contribution in [2.45, 2.75) is 55.4 Å². The van der Waals surface area contributed by atoms with Crippen LogP contribution in [0.15, 0.2) is 72.8 Å². The molecule has 0 N–H and O–H groups in total. The first-order chi connectivity index (χ1) is 24.9. The Morgan fingerprint density at radius 1 is 0.308 bits per heavy atom. The van der Waals surface area contributed by atoms with Gasteiger partial charge in [-0.2, -0.15) is 0 Å². The molecule has 0 saturated heterocycles. The quantitative estimate of drug-likeness (QED) is 0.0787. The maximum Gasteiger partial charge on any atom is 0.361 e. The summed E-state index contributed by atoms with van der Waals surface area (Å²) in [5.41, 5.74) is 0. The van der Waals surface area contributed by atoms with E-state index in [1.54, 1.807) is 128 Å². The van der Waals surface area contributed by atoms with E-state index in [-0.39, 0.29) is 52.9 Å². The van der Waals surface area contributed by atoms with Gasteiger partial charge in [-0.15, -0.1) is 0 Å². The van der Waals surface area contributed by atoms with Gasteiger partial charge in [0.1, 0.15) is 0 Å². The zero-order valence-corrected chi connectivity index (χ0v) is 34.9. The molecule has 0 spiro atoms. The minimum Gasteiger partial charge on any atom is -0.305 e.